The van der Waals surface area contributed by atoms with Gasteiger partial charge in [0, 0.05) is 11.3 Å². The minimum absolute atomic E-state index is 0.294. The maximum Gasteiger partial charge on any atom is 0.357 e. The molecule has 3 nitrogen and oxygen atoms in total. The minimum atomic E-state index is -0.294. The zero-order chi connectivity index (χ0) is 9.42. The third kappa shape index (κ3) is 1.30. The van der Waals surface area contributed by atoms with Crippen LogP contribution in [0.3, 0.4) is 0 Å². The highest BCUT2D eigenvalue weighted by atomic mass is 16.5. The fourth-order valence-electron chi connectivity index (χ4n) is 1.33. The fourth-order valence-corrected chi connectivity index (χ4v) is 1.33. The monoisotopic (exact) mass is 177 g/mol. The Morgan fingerprint density at radius 1 is 1.46 bits per heavy atom. The van der Waals surface area contributed by atoms with Crippen molar-refractivity contribution in [2.24, 2.45) is 0 Å². The van der Waals surface area contributed by atoms with E-state index in [1.165, 1.54) is 0 Å². The van der Waals surface area contributed by atoms with E-state index in [0.29, 0.717) is 18.2 Å². The van der Waals surface area contributed by atoms with Crippen molar-refractivity contribution in [3.63, 3.8) is 0 Å². The number of cyclic esters (lactones) is 1. The van der Waals surface area contributed by atoms with Crippen LogP contribution in [-0.2, 0) is 11.3 Å². The summed E-state index contributed by atoms with van der Waals surface area (Å²) in [4.78, 5) is 15.4. The lowest BCUT2D eigenvalue weighted by Crippen LogP contribution is -2.01. The number of pyridine rings is 1. The number of hydrogen-bond acceptors (Lipinski definition) is 3. The molecule has 3 heteroatoms. The Morgan fingerprint density at radius 3 is 2.92 bits per heavy atom. The number of nitrogens with zero attached hydrogens (tertiary/aromatic N) is 1. The Kier molecular flexibility index (Phi) is 1.79. The second-order valence-corrected chi connectivity index (χ2v) is 3.47. The zero-order valence-electron chi connectivity index (χ0n) is 7.70. The summed E-state index contributed by atoms with van der Waals surface area (Å²) in [5, 5.41) is 0. The van der Waals surface area contributed by atoms with Gasteiger partial charge in [-0.05, 0) is 12.0 Å². The van der Waals surface area contributed by atoms with Crippen molar-refractivity contribution in [2.75, 3.05) is 0 Å². The molecule has 0 fully saturated rings. The average Bonchev–Trinajstić information content (AvgIpc) is 2.47. The number of ether oxygens (including phenoxy) is 1. The lowest BCUT2D eigenvalue weighted by atomic mass is 10.1. The number of rotatable bonds is 1. The van der Waals surface area contributed by atoms with Crippen LogP contribution >= 0.6 is 0 Å². The van der Waals surface area contributed by atoms with E-state index in [0.717, 1.165) is 11.3 Å². The van der Waals surface area contributed by atoms with Crippen molar-refractivity contribution in [2.45, 2.75) is 26.4 Å². The van der Waals surface area contributed by atoms with E-state index in [-0.39, 0.29) is 5.97 Å². The Morgan fingerprint density at radius 2 is 2.23 bits per heavy atom. The molecule has 68 valence electrons. The molecule has 0 N–H and O–H groups in total. The number of fused-ring (bicyclic) bond motifs is 1. The molecule has 0 amide bonds. The standard InChI is InChI=1S/C10H11NO2/c1-6(2)8-4-3-7-5-13-10(12)9(7)11-8/h3-4,6H,5H2,1-2H3. The molecular weight excluding hydrogens is 166 g/mol. The number of aromatic nitrogens is 1. The quantitative estimate of drug-likeness (QED) is 0.615. The summed E-state index contributed by atoms with van der Waals surface area (Å²) < 4.78 is 4.86. The van der Waals surface area contributed by atoms with Gasteiger partial charge in [-0.3, -0.25) is 0 Å². The second-order valence-electron chi connectivity index (χ2n) is 3.47. The fraction of sp³-hybridized carbons (Fsp3) is 0.400. The molecule has 0 atom stereocenters. The molecule has 0 bridgehead atoms. The van der Waals surface area contributed by atoms with Gasteiger partial charge in [-0.1, -0.05) is 19.9 Å². The summed E-state index contributed by atoms with van der Waals surface area (Å²) in [5.41, 5.74) is 2.33. The normalized spacial score (nSPS) is 14.5. The van der Waals surface area contributed by atoms with Crippen LogP contribution in [0.2, 0.25) is 0 Å². The molecule has 1 aliphatic rings. The first kappa shape index (κ1) is 8.23. The van der Waals surface area contributed by atoms with E-state index in [9.17, 15) is 4.79 Å². The Balaban J connectivity index is 2.48. The highest BCUT2D eigenvalue weighted by Gasteiger charge is 2.23. The van der Waals surface area contributed by atoms with Gasteiger partial charge in [-0.2, -0.15) is 0 Å². The number of carbonyl (C=O) groups excluding carboxylic acids is 1. The maximum absolute atomic E-state index is 11.2. The molecule has 0 aliphatic carbocycles. The maximum atomic E-state index is 11.2. The molecule has 0 saturated carbocycles. The Bertz CT molecular complexity index is 358. The first-order valence-electron chi connectivity index (χ1n) is 4.35. The van der Waals surface area contributed by atoms with Gasteiger partial charge >= 0.3 is 5.97 Å². The number of carbonyl (C=O) groups is 1. The van der Waals surface area contributed by atoms with Crippen molar-refractivity contribution >= 4 is 5.97 Å². The van der Waals surface area contributed by atoms with Crippen LogP contribution < -0.4 is 0 Å². The lowest BCUT2D eigenvalue weighted by molar-refractivity contribution is 0.0530. The van der Waals surface area contributed by atoms with E-state index in [1.807, 2.05) is 12.1 Å². The van der Waals surface area contributed by atoms with Gasteiger partial charge in [0.1, 0.15) is 6.61 Å². The van der Waals surface area contributed by atoms with E-state index in [1.54, 1.807) is 0 Å². The van der Waals surface area contributed by atoms with E-state index in [4.69, 9.17) is 4.74 Å². The highest BCUT2D eigenvalue weighted by molar-refractivity contribution is 5.91. The van der Waals surface area contributed by atoms with Crippen molar-refractivity contribution in [3.05, 3.63) is 29.1 Å². The largest absolute Gasteiger partial charge is 0.456 e. The molecule has 2 heterocycles. The number of hydrogen-bond donors (Lipinski definition) is 0. The van der Waals surface area contributed by atoms with Crippen molar-refractivity contribution in [3.8, 4) is 0 Å². The van der Waals surface area contributed by atoms with Crippen LogP contribution in [0.25, 0.3) is 0 Å². The van der Waals surface area contributed by atoms with Crippen molar-refractivity contribution in [1.29, 1.82) is 0 Å². The van der Waals surface area contributed by atoms with Crippen molar-refractivity contribution < 1.29 is 9.53 Å². The van der Waals surface area contributed by atoms with Gasteiger partial charge in [0.2, 0.25) is 0 Å². The summed E-state index contributed by atoms with van der Waals surface area (Å²) in [6.45, 7) is 4.48. The third-order valence-electron chi connectivity index (χ3n) is 2.14. The van der Waals surface area contributed by atoms with Gasteiger partial charge in [0.05, 0.1) is 0 Å². The first-order chi connectivity index (χ1) is 6.18. The Labute approximate surface area is 76.7 Å². The number of esters is 1. The third-order valence-corrected chi connectivity index (χ3v) is 2.14. The highest BCUT2D eigenvalue weighted by Crippen LogP contribution is 2.20. The van der Waals surface area contributed by atoms with Gasteiger partial charge in [-0.15, -0.1) is 0 Å². The molecule has 0 unspecified atom stereocenters. The second kappa shape index (κ2) is 2.83. The van der Waals surface area contributed by atoms with E-state index in [2.05, 4.69) is 18.8 Å². The summed E-state index contributed by atoms with van der Waals surface area (Å²) in [7, 11) is 0. The molecule has 2 rings (SSSR count). The van der Waals surface area contributed by atoms with Crippen LogP contribution in [0, 0.1) is 0 Å². The van der Waals surface area contributed by atoms with Gasteiger partial charge in [-0.25, -0.2) is 9.78 Å². The van der Waals surface area contributed by atoms with Gasteiger partial charge in [0.15, 0.2) is 5.69 Å². The SMILES string of the molecule is CC(C)c1ccc2c(n1)C(=O)OC2. The summed E-state index contributed by atoms with van der Waals surface area (Å²) >= 11 is 0. The van der Waals surface area contributed by atoms with Crippen LogP contribution in [0.5, 0.6) is 0 Å². The molecule has 1 aliphatic heterocycles. The predicted octanol–water partition coefficient (Wildman–Crippen LogP) is 1.88. The molecule has 0 radical (unpaired) electrons. The Hall–Kier alpha value is -1.38. The van der Waals surface area contributed by atoms with Crippen LogP contribution in [0.4, 0.5) is 0 Å². The molecule has 0 saturated heterocycles. The molecule has 0 spiro atoms. The minimum Gasteiger partial charge on any atom is -0.456 e. The molecule has 13 heavy (non-hydrogen) atoms. The molecule has 1 aromatic heterocycles. The molecule has 0 aromatic carbocycles. The topological polar surface area (TPSA) is 39.2 Å². The molecular formula is C10H11NO2. The van der Waals surface area contributed by atoms with E-state index >= 15 is 0 Å². The first-order valence-corrected chi connectivity index (χ1v) is 4.35. The predicted molar refractivity (Wildman–Crippen MR) is 47.4 cm³/mol. The summed E-state index contributed by atoms with van der Waals surface area (Å²) in [6, 6.07) is 3.87. The van der Waals surface area contributed by atoms with Crippen molar-refractivity contribution in [1.82, 2.24) is 4.98 Å². The van der Waals surface area contributed by atoms with Gasteiger partial charge < -0.3 is 4.74 Å². The van der Waals surface area contributed by atoms with E-state index < -0.39 is 0 Å². The van der Waals surface area contributed by atoms with Crippen LogP contribution in [0.1, 0.15) is 41.5 Å². The zero-order valence-corrected chi connectivity index (χ0v) is 7.70. The van der Waals surface area contributed by atoms with Crippen LogP contribution in [-0.4, -0.2) is 11.0 Å². The van der Waals surface area contributed by atoms with Crippen LogP contribution in [0.15, 0.2) is 12.1 Å². The lowest BCUT2D eigenvalue weighted by Gasteiger charge is -2.03. The summed E-state index contributed by atoms with van der Waals surface area (Å²) in [6.07, 6.45) is 0. The molecule has 1 aromatic rings. The van der Waals surface area contributed by atoms with Gasteiger partial charge in [0.25, 0.3) is 0 Å². The average molecular weight is 177 g/mol. The smallest absolute Gasteiger partial charge is 0.357 e. The summed E-state index contributed by atoms with van der Waals surface area (Å²) in [5.74, 6) is 0.0520.